The molecule has 0 aliphatic rings. The standard InChI is InChI=1S/C19H41O6P/c1-2-3-4-5-6-7-8-9-10-11-12-13-14-15-16-24-26(22,23)25-18-19(21)17-20/h19-21H,2-18H2,1H3,(H,22,23)/p-1. The molecule has 2 unspecified atom stereocenters. The topological polar surface area (TPSA) is 99.1 Å². The predicted molar refractivity (Wildman–Crippen MR) is 103 cm³/mol. The Bertz CT molecular complexity index is 340. The molecule has 0 amide bonds. The molecule has 6 nitrogen and oxygen atoms in total. The Morgan fingerprint density at radius 1 is 0.808 bits per heavy atom. The van der Waals surface area contributed by atoms with E-state index in [1.165, 1.54) is 70.6 Å². The van der Waals surface area contributed by atoms with Gasteiger partial charge in [-0.1, -0.05) is 90.4 Å². The van der Waals surface area contributed by atoms with E-state index in [-0.39, 0.29) is 6.61 Å². The minimum Gasteiger partial charge on any atom is -0.756 e. The molecule has 7 heteroatoms. The molecule has 0 aliphatic carbocycles. The molecule has 0 aromatic rings. The quantitative estimate of drug-likeness (QED) is 0.235. The van der Waals surface area contributed by atoms with E-state index < -0.39 is 27.1 Å². The molecule has 0 saturated carbocycles. The third-order valence-electron chi connectivity index (χ3n) is 4.38. The summed E-state index contributed by atoms with van der Waals surface area (Å²) in [5.74, 6) is 0. The Hall–Kier alpha value is 0.0300. The lowest BCUT2D eigenvalue weighted by Crippen LogP contribution is -2.21. The summed E-state index contributed by atoms with van der Waals surface area (Å²) in [6.07, 6.45) is 16.1. The van der Waals surface area contributed by atoms with Gasteiger partial charge >= 0.3 is 0 Å². The molecule has 0 radical (unpaired) electrons. The summed E-state index contributed by atoms with van der Waals surface area (Å²) >= 11 is 0. The molecule has 0 spiro atoms. The number of phosphoric acid groups is 1. The normalized spacial score (nSPS) is 15.1. The molecule has 0 aromatic carbocycles. The van der Waals surface area contributed by atoms with E-state index in [9.17, 15) is 9.46 Å². The first-order valence-electron chi connectivity index (χ1n) is 10.4. The van der Waals surface area contributed by atoms with Crippen molar-refractivity contribution in [3.63, 3.8) is 0 Å². The van der Waals surface area contributed by atoms with E-state index in [0.29, 0.717) is 6.42 Å². The first-order chi connectivity index (χ1) is 12.5. The van der Waals surface area contributed by atoms with Crippen molar-refractivity contribution in [2.24, 2.45) is 0 Å². The Balaban J connectivity index is 3.27. The Kier molecular flexibility index (Phi) is 18.4. The van der Waals surface area contributed by atoms with Crippen LogP contribution in [0.15, 0.2) is 0 Å². The van der Waals surface area contributed by atoms with Crippen LogP contribution in [0.4, 0.5) is 0 Å². The maximum Gasteiger partial charge on any atom is 0.267 e. The van der Waals surface area contributed by atoms with Gasteiger partial charge in [-0.25, -0.2) is 0 Å². The van der Waals surface area contributed by atoms with Crippen LogP contribution in [0.1, 0.15) is 96.8 Å². The van der Waals surface area contributed by atoms with Gasteiger partial charge in [0.2, 0.25) is 0 Å². The molecular formula is C19H40O6P-. The summed E-state index contributed by atoms with van der Waals surface area (Å²) in [4.78, 5) is 11.4. The van der Waals surface area contributed by atoms with Gasteiger partial charge in [0.25, 0.3) is 7.82 Å². The second-order valence-corrected chi connectivity index (χ2v) is 8.42. The number of hydrogen-bond acceptors (Lipinski definition) is 6. The lowest BCUT2D eigenvalue weighted by atomic mass is 10.0. The molecule has 26 heavy (non-hydrogen) atoms. The van der Waals surface area contributed by atoms with Crippen LogP contribution in [0.25, 0.3) is 0 Å². The van der Waals surface area contributed by atoms with E-state index in [1.54, 1.807) is 0 Å². The van der Waals surface area contributed by atoms with Crippen molar-refractivity contribution >= 4 is 7.82 Å². The van der Waals surface area contributed by atoms with Crippen molar-refractivity contribution < 1.29 is 28.7 Å². The number of rotatable bonds is 20. The third-order valence-corrected chi connectivity index (χ3v) is 5.35. The van der Waals surface area contributed by atoms with E-state index in [0.717, 1.165) is 12.8 Å². The summed E-state index contributed by atoms with van der Waals surface area (Å²) < 4.78 is 20.6. The van der Waals surface area contributed by atoms with Crippen LogP contribution < -0.4 is 4.89 Å². The molecule has 0 aliphatic heterocycles. The number of aliphatic hydroxyl groups is 2. The van der Waals surface area contributed by atoms with Crippen LogP contribution in [0.3, 0.4) is 0 Å². The number of aliphatic hydroxyl groups excluding tert-OH is 2. The molecule has 0 saturated heterocycles. The zero-order valence-corrected chi connectivity index (χ0v) is 17.5. The van der Waals surface area contributed by atoms with Crippen LogP contribution in [0.5, 0.6) is 0 Å². The summed E-state index contributed by atoms with van der Waals surface area (Å²) in [7, 11) is -4.37. The molecule has 2 N–H and O–H groups in total. The molecule has 0 aromatic heterocycles. The van der Waals surface area contributed by atoms with Crippen LogP contribution >= 0.6 is 7.82 Å². The zero-order chi connectivity index (χ0) is 19.5. The first kappa shape index (κ1) is 26.0. The van der Waals surface area contributed by atoms with Gasteiger partial charge in [-0.05, 0) is 6.42 Å². The lowest BCUT2D eigenvalue weighted by Gasteiger charge is -2.23. The van der Waals surface area contributed by atoms with Gasteiger partial charge in [0.15, 0.2) is 0 Å². The van der Waals surface area contributed by atoms with Crippen LogP contribution in [0, 0.1) is 0 Å². The first-order valence-corrected chi connectivity index (χ1v) is 11.9. The van der Waals surface area contributed by atoms with Crippen molar-refractivity contribution in [3.05, 3.63) is 0 Å². The Morgan fingerprint density at radius 3 is 1.65 bits per heavy atom. The van der Waals surface area contributed by atoms with Gasteiger partial charge in [0.05, 0.1) is 19.8 Å². The van der Waals surface area contributed by atoms with E-state index in [2.05, 4.69) is 11.4 Å². The minimum atomic E-state index is -4.37. The highest BCUT2D eigenvalue weighted by molar-refractivity contribution is 7.45. The Labute approximate surface area is 159 Å². The molecule has 0 heterocycles. The largest absolute Gasteiger partial charge is 0.756 e. The highest BCUT2D eigenvalue weighted by Crippen LogP contribution is 2.38. The molecule has 0 bridgehead atoms. The van der Waals surface area contributed by atoms with Crippen molar-refractivity contribution in [2.45, 2.75) is 103 Å². The van der Waals surface area contributed by atoms with Gasteiger partial charge < -0.3 is 24.2 Å². The maximum absolute atomic E-state index is 11.4. The molecule has 2 atom stereocenters. The average molecular weight is 395 g/mol. The van der Waals surface area contributed by atoms with Gasteiger partial charge in [-0.3, -0.25) is 4.57 Å². The van der Waals surface area contributed by atoms with Gasteiger partial charge in [0, 0.05) is 0 Å². The highest BCUT2D eigenvalue weighted by Gasteiger charge is 2.12. The van der Waals surface area contributed by atoms with Crippen LogP contribution in [-0.4, -0.2) is 36.1 Å². The third kappa shape index (κ3) is 18.8. The van der Waals surface area contributed by atoms with E-state index in [1.807, 2.05) is 0 Å². The smallest absolute Gasteiger partial charge is 0.267 e. The fourth-order valence-electron chi connectivity index (χ4n) is 2.74. The molecule has 0 rings (SSSR count). The molecular weight excluding hydrogens is 355 g/mol. The van der Waals surface area contributed by atoms with Gasteiger partial charge in [-0.15, -0.1) is 0 Å². The van der Waals surface area contributed by atoms with E-state index in [4.69, 9.17) is 14.7 Å². The maximum atomic E-state index is 11.4. The van der Waals surface area contributed by atoms with E-state index >= 15 is 0 Å². The Morgan fingerprint density at radius 2 is 1.23 bits per heavy atom. The fourth-order valence-corrected chi connectivity index (χ4v) is 3.52. The summed E-state index contributed by atoms with van der Waals surface area (Å²) in [6, 6.07) is 0. The van der Waals surface area contributed by atoms with Crippen molar-refractivity contribution in [2.75, 3.05) is 19.8 Å². The number of hydrogen-bond donors (Lipinski definition) is 2. The number of unbranched alkanes of at least 4 members (excludes halogenated alkanes) is 13. The highest BCUT2D eigenvalue weighted by atomic mass is 31.2. The fraction of sp³-hybridized carbons (Fsp3) is 1.00. The number of phosphoric ester groups is 1. The summed E-state index contributed by atoms with van der Waals surface area (Å²) in [5.41, 5.74) is 0. The second-order valence-electron chi connectivity index (χ2n) is 7.01. The zero-order valence-electron chi connectivity index (χ0n) is 16.6. The average Bonchev–Trinajstić information content (AvgIpc) is 2.63. The van der Waals surface area contributed by atoms with Crippen molar-refractivity contribution in [3.8, 4) is 0 Å². The van der Waals surface area contributed by atoms with Crippen LogP contribution in [0.2, 0.25) is 0 Å². The monoisotopic (exact) mass is 395 g/mol. The summed E-state index contributed by atoms with van der Waals surface area (Å²) in [5, 5.41) is 17.6. The van der Waals surface area contributed by atoms with Crippen molar-refractivity contribution in [1.29, 1.82) is 0 Å². The molecule has 158 valence electrons. The lowest BCUT2D eigenvalue weighted by molar-refractivity contribution is -0.227. The SMILES string of the molecule is CCCCCCCCCCCCCCCCOP(=O)([O-])OCC(O)CO. The van der Waals surface area contributed by atoms with Crippen LogP contribution in [-0.2, 0) is 13.6 Å². The molecule has 0 fully saturated rings. The van der Waals surface area contributed by atoms with Gasteiger partial charge in [0.1, 0.15) is 6.10 Å². The van der Waals surface area contributed by atoms with Crippen molar-refractivity contribution in [1.82, 2.24) is 0 Å². The predicted octanol–water partition coefficient (Wildman–Crippen LogP) is 4.32. The second kappa shape index (κ2) is 18.4. The summed E-state index contributed by atoms with van der Waals surface area (Å²) in [6.45, 7) is 1.33. The minimum absolute atomic E-state index is 0.105. The van der Waals surface area contributed by atoms with Gasteiger partial charge in [-0.2, -0.15) is 0 Å².